The van der Waals surface area contributed by atoms with Gasteiger partial charge in [-0.3, -0.25) is 4.79 Å². The van der Waals surface area contributed by atoms with Gasteiger partial charge in [-0.05, 0) is 54.6 Å². The van der Waals surface area contributed by atoms with Crippen LogP contribution in [-0.4, -0.2) is 26.2 Å². The van der Waals surface area contributed by atoms with Gasteiger partial charge in [0.2, 0.25) is 0 Å². The maximum Gasteiger partial charge on any atom is 0.416 e. The van der Waals surface area contributed by atoms with Crippen molar-refractivity contribution in [3.8, 4) is 17.1 Å². The van der Waals surface area contributed by atoms with Crippen LogP contribution in [0.3, 0.4) is 0 Å². The average molecular weight is 440 g/mol. The number of anilines is 1. The third kappa shape index (κ3) is 5.34. The van der Waals surface area contributed by atoms with E-state index in [1.165, 1.54) is 13.2 Å². The largest absolute Gasteiger partial charge is 0.489 e. The van der Waals surface area contributed by atoms with Crippen LogP contribution in [-0.2, 0) is 10.9 Å². The molecule has 0 radical (unpaired) electrons. The van der Waals surface area contributed by atoms with Crippen molar-refractivity contribution in [1.82, 2.24) is 0 Å². The number of carbonyl (C=O) groups excluding carboxylic acids is 1. The number of hydrogen-bond donors (Lipinski definition) is 1. The molecule has 0 saturated heterocycles. The molecule has 0 atom stereocenters. The van der Waals surface area contributed by atoms with Gasteiger partial charge < -0.3 is 19.2 Å². The van der Waals surface area contributed by atoms with Gasteiger partial charge in [0.1, 0.15) is 18.1 Å². The second kappa shape index (κ2) is 9.23. The van der Waals surface area contributed by atoms with Crippen molar-refractivity contribution in [3.05, 3.63) is 70.9 Å². The molecule has 0 unspecified atom stereocenters. The summed E-state index contributed by atoms with van der Waals surface area (Å²) in [6.07, 6.45) is -4.57. The minimum atomic E-state index is -4.57. The Morgan fingerprint density at radius 3 is 2.47 bits per heavy atom. The van der Waals surface area contributed by atoms with E-state index < -0.39 is 17.6 Å². The number of furan rings is 1. The fraction of sp³-hybridized carbons (Fsp3) is 0.190. The number of nitrogens with one attached hydrogen (secondary N) is 1. The van der Waals surface area contributed by atoms with Crippen molar-refractivity contribution in [1.29, 1.82) is 0 Å². The zero-order valence-corrected chi connectivity index (χ0v) is 16.5. The van der Waals surface area contributed by atoms with Crippen molar-refractivity contribution in [2.45, 2.75) is 6.18 Å². The van der Waals surface area contributed by atoms with Crippen LogP contribution in [0, 0.1) is 0 Å². The van der Waals surface area contributed by atoms with Gasteiger partial charge in [-0.1, -0.05) is 11.6 Å². The minimum absolute atomic E-state index is 0.0693. The van der Waals surface area contributed by atoms with E-state index in [2.05, 4.69) is 5.32 Å². The summed E-state index contributed by atoms with van der Waals surface area (Å²) < 4.78 is 55.1. The first-order valence-corrected chi connectivity index (χ1v) is 9.16. The van der Waals surface area contributed by atoms with E-state index in [9.17, 15) is 18.0 Å². The van der Waals surface area contributed by atoms with Crippen LogP contribution in [0.25, 0.3) is 11.3 Å². The van der Waals surface area contributed by atoms with Crippen molar-refractivity contribution < 1.29 is 31.9 Å². The van der Waals surface area contributed by atoms with Gasteiger partial charge in [-0.2, -0.15) is 13.2 Å². The van der Waals surface area contributed by atoms with Crippen molar-refractivity contribution in [2.75, 3.05) is 25.6 Å². The highest BCUT2D eigenvalue weighted by Gasteiger charge is 2.31. The molecule has 2 aromatic carbocycles. The SMILES string of the molecule is COCCOc1ccc(C(F)(F)F)cc1NC(=O)c1ccc(-c2ccc(Cl)cc2)o1. The summed E-state index contributed by atoms with van der Waals surface area (Å²) in [5, 5.41) is 2.97. The fourth-order valence-corrected chi connectivity index (χ4v) is 2.70. The molecule has 3 aromatic rings. The Balaban J connectivity index is 1.83. The number of halogens is 4. The van der Waals surface area contributed by atoms with Crippen molar-refractivity contribution in [2.24, 2.45) is 0 Å². The van der Waals surface area contributed by atoms with Gasteiger partial charge in [0.25, 0.3) is 5.91 Å². The van der Waals surface area contributed by atoms with Gasteiger partial charge in [0.05, 0.1) is 17.9 Å². The number of rotatable bonds is 7. The fourth-order valence-electron chi connectivity index (χ4n) is 2.58. The van der Waals surface area contributed by atoms with E-state index in [1.807, 2.05) is 0 Å². The average Bonchev–Trinajstić information content (AvgIpc) is 3.19. The number of amides is 1. The maximum absolute atomic E-state index is 13.1. The molecule has 1 heterocycles. The predicted molar refractivity (Wildman–Crippen MR) is 106 cm³/mol. The normalized spacial score (nSPS) is 11.4. The summed E-state index contributed by atoms with van der Waals surface area (Å²) in [6, 6.07) is 12.6. The number of benzene rings is 2. The minimum Gasteiger partial charge on any atom is -0.489 e. The van der Waals surface area contributed by atoms with E-state index in [0.29, 0.717) is 16.3 Å². The molecule has 9 heteroatoms. The Kier molecular flexibility index (Phi) is 6.69. The molecule has 0 aliphatic heterocycles. The second-order valence-corrected chi connectivity index (χ2v) is 6.61. The van der Waals surface area contributed by atoms with Crippen LogP contribution in [0.2, 0.25) is 5.02 Å². The molecular weight excluding hydrogens is 423 g/mol. The first-order chi connectivity index (χ1) is 14.3. The molecule has 158 valence electrons. The molecule has 0 aliphatic carbocycles. The second-order valence-electron chi connectivity index (χ2n) is 6.17. The molecule has 5 nitrogen and oxygen atoms in total. The Morgan fingerprint density at radius 2 is 1.80 bits per heavy atom. The summed E-state index contributed by atoms with van der Waals surface area (Å²) in [5.41, 5.74) is -0.352. The maximum atomic E-state index is 13.1. The third-order valence-corrected chi connectivity index (χ3v) is 4.31. The zero-order valence-electron chi connectivity index (χ0n) is 15.8. The van der Waals surface area contributed by atoms with Crippen LogP contribution in [0.5, 0.6) is 5.75 Å². The highest BCUT2D eigenvalue weighted by molar-refractivity contribution is 6.30. The first kappa shape index (κ1) is 21.7. The van der Waals surface area contributed by atoms with E-state index in [1.54, 1.807) is 30.3 Å². The summed E-state index contributed by atoms with van der Waals surface area (Å²) in [5.74, 6) is -0.290. The Hall–Kier alpha value is -2.97. The van der Waals surface area contributed by atoms with Gasteiger partial charge in [-0.25, -0.2) is 0 Å². The molecular formula is C21H17ClF3NO4. The van der Waals surface area contributed by atoms with Crippen LogP contribution in [0.1, 0.15) is 16.1 Å². The summed E-state index contributed by atoms with van der Waals surface area (Å²) in [7, 11) is 1.47. The predicted octanol–water partition coefficient (Wildman–Crippen LogP) is 5.90. The quantitative estimate of drug-likeness (QED) is 0.466. The van der Waals surface area contributed by atoms with E-state index in [0.717, 1.165) is 18.2 Å². The van der Waals surface area contributed by atoms with E-state index in [-0.39, 0.29) is 30.4 Å². The Bertz CT molecular complexity index is 1020. The van der Waals surface area contributed by atoms with E-state index >= 15 is 0 Å². The first-order valence-electron chi connectivity index (χ1n) is 8.78. The molecule has 0 saturated carbocycles. The molecule has 1 N–H and O–H groups in total. The van der Waals surface area contributed by atoms with Gasteiger partial charge in [0.15, 0.2) is 5.76 Å². The highest BCUT2D eigenvalue weighted by atomic mass is 35.5. The standard InChI is InChI=1S/C21H17ClF3NO4/c1-28-10-11-29-18-7-4-14(21(23,24)25)12-16(18)26-20(27)19-9-8-17(30-19)13-2-5-15(22)6-3-13/h2-9,12H,10-11H2,1H3,(H,26,27). The number of carbonyl (C=O) groups is 1. The monoisotopic (exact) mass is 439 g/mol. The lowest BCUT2D eigenvalue weighted by atomic mass is 10.1. The van der Waals surface area contributed by atoms with Crippen molar-refractivity contribution >= 4 is 23.2 Å². The van der Waals surface area contributed by atoms with Gasteiger partial charge in [0, 0.05) is 17.7 Å². The molecule has 0 bridgehead atoms. The summed E-state index contributed by atoms with van der Waals surface area (Å²) >= 11 is 5.86. The summed E-state index contributed by atoms with van der Waals surface area (Å²) in [4.78, 5) is 12.6. The number of hydrogen-bond acceptors (Lipinski definition) is 4. The number of alkyl halides is 3. The molecule has 1 aromatic heterocycles. The van der Waals surface area contributed by atoms with Gasteiger partial charge >= 0.3 is 6.18 Å². The van der Waals surface area contributed by atoms with Gasteiger partial charge in [-0.15, -0.1) is 0 Å². The van der Waals surface area contributed by atoms with Crippen molar-refractivity contribution in [3.63, 3.8) is 0 Å². The molecule has 30 heavy (non-hydrogen) atoms. The molecule has 1 amide bonds. The lowest BCUT2D eigenvalue weighted by molar-refractivity contribution is -0.137. The topological polar surface area (TPSA) is 60.7 Å². The van der Waals surface area contributed by atoms with Crippen LogP contribution < -0.4 is 10.1 Å². The zero-order chi connectivity index (χ0) is 21.7. The Morgan fingerprint density at radius 1 is 1.07 bits per heavy atom. The highest BCUT2D eigenvalue weighted by Crippen LogP contribution is 2.35. The smallest absolute Gasteiger partial charge is 0.416 e. The molecule has 0 fully saturated rings. The molecule has 0 spiro atoms. The molecule has 3 rings (SSSR count). The summed E-state index contributed by atoms with van der Waals surface area (Å²) in [6.45, 7) is 0.337. The lowest BCUT2D eigenvalue weighted by Crippen LogP contribution is -2.15. The molecule has 0 aliphatic rings. The third-order valence-electron chi connectivity index (χ3n) is 4.06. The van der Waals surface area contributed by atoms with E-state index in [4.69, 9.17) is 25.5 Å². The number of ether oxygens (including phenoxy) is 2. The Labute approximate surface area is 175 Å². The number of methoxy groups -OCH3 is 1. The van der Waals surface area contributed by atoms with Crippen LogP contribution >= 0.6 is 11.6 Å². The van der Waals surface area contributed by atoms with Crippen LogP contribution in [0.15, 0.2) is 59.0 Å². The lowest BCUT2D eigenvalue weighted by Gasteiger charge is -2.15. The van der Waals surface area contributed by atoms with Crippen LogP contribution in [0.4, 0.5) is 18.9 Å².